The van der Waals surface area contributed by atoms with Crippen molar-refractivity contribution in [3.63, 3.8) is 0 Å². The standard InChI is InChI=1S/C27H27N3O3/c1-19(2)21-12-14-22(15-13-21)33-18-25(31)28-29-26-23-10-6-7-11-24(23)30(27(26)32)17-16-20-8-4-3-5-9-20/h3-15,19,32H,16-18H2,1-2H3. The average molecular weight is 442 g/mol. The number of benzene rings is 3. The van der Waals surface area contributed by atoms with Gasteiger partial charge in [0.1, 0.15) is 5.75 Å². The summed E-state index contributed by atoms with van der Waals surface area (Å²) < 4.78 is 7.33. The molecule has 33 heavy (non-hydrogen) atoms. The van der Waals surface area contributed by atoms with Crippen LogP contribution in [0.15, 0.2) is 89.1 Å². The number of para-hydroxylation sites is 1. The van der Waals surface area contributed by atoms with Crippen LogP contribution in [0.3, 0.4) is 0 Å². The summed E-state index contributed by atoms with van der Waals surface area (Å²) in [6, 6.07) is 25.3. The Balaban J connectivity index is 1.47. The average Bonchev–Trinajstić information content (AvgIpc) is 3.11. The Kier molecular flexibility index (Phi) is 6.83. The molecule has 4 aromatic rings. The number of azo groups is 1. The molecule has 3 aromatic carbocycles. The fourth-order valence-electron chi connectivity index (χ4n) is 3.71. The molecule has 0 fully saturated rings. The Morgan fingerprint density at radius 2 is 1.67 bits per heavy atom. The Labute approximate surface area is 193 Å². The Bertz CT molecular complexity index is 1260. The first kappa shape index (κ1) is 22.3. The topological polar surface area (TPSA) is 76.2 Å². The van der Waals surface area contributed by atoms with Gasteiger partial charge in [0.25, 0.3) is 0 Å². The molecule has 0 radical (unpaired) electrons. The van der Waals surface area contributed by atoms with Gasteiger partial charge in [-0.15, -0.1) is 10.2 Å². The normalized spacial score (nSPS) is 11.5. The predicted molar refractivity (Wildman–Crippen MR) is 129 cm³/mol. The second kappa shape index (κ2) is 10.1. The number of hydrogen-bond donors (Lipinski definition) is 1. The summed E-state index contributed by atoms with van der Waals surface area (Å²) >= 11 is 0. The third-order valence-electron chi connectivity index (χ3n) is 5.55. The molecular weight excluding hydrogens is 414 g/mol. The van der Waals surface area contributed by atoms with E-state index < -0.39 is 5.91 Å². The van der Waals surface area contributed by atoms with E-state index in [1.54, 1.807) is 4.57 Å². The second-order valence-electron chi connectivity index (χ2n) is 8.18. The lowest BCUT2D eigenvalue weighted by molar-refractivity contribution is -0.120. The van der Waals surface area contributed by atoms with Gasteiger partial charge in [-0.25, -0.2) is 0 Å². The number of carbonyl (C=O) groups is 1. The van der Waals surface area contributed by atoms with Gasteiger partial charge in [-0.1, -0.05) is 74.5 Å². The summed E-state index contributed by atoms with van der Waals surface area (Å²) in [4.78, 5) is 12.3. The van der Waals surface area contributed by atoms with Crippen LogP contribution in [0.5, 0.6) is 11.6 Å². The van der Waals surface area contributed by atoms with Gasteiger partial charge in [0, 0.05) is 11.9 Å². The minimum Gasteiger partial charge on any atom is -0.493 e. The summed E-state index contributed by atoms with van der Waals surface area (Å²) in [6.07, 6.45) is 0.756. The van der Waals surface area contributed by atoms with Crippen LogP contribution in [-0.2, 0) is 17.8 Å². The van der Waals surface area contributed by atoms with Crippen LogP contribution >= 0.6 is 0 Å². The van der Waals surface area contributed by atoms with E-state index in [1.807, 2.05) is 66.7 Å². The molecule has 0 saturated carbocycles. The predicted octanol–water partition coefficient (Wildman–Crippen LogP) is 6.40. The quantitative estimate of drug-likeness (QED) is 0.321. The molecule has 0 aliphatic carbocycles. The third kappa shape index (κ3) is 5.29. The molecule has 0 unspecified atom stereocenters. The SMILES string of the molecule is CC(C)c1ccc(OCC(=O)N=Nc2c(O)n(CCc3ccccc3)c3ccccc23)cc1. The maximum absolute atomic E-state index is 12.3. The van der Waals surface area contributed by atoms with Crippen molar-refractivity contribution >= 4 is 22.5 Å². The number of rotatable bonds is 8. The van der Waals surface area contributed by atoms with Crippen LogP contribution in [0.4, 0.5) is 5.69 Å². The van der Waals surface area contributed by atoms with E-state index in [1.165, 1.54) is 11.1 Å². The molecule has 6 heteroatoms. The zero-order valence-corrected chi connectivity index (χ0v) is 18.8. The zero-order valence-electron chi connectivity index (χ0n) is 18.8. The molecule has 0 saturated heterocycles. The molecule has 0 aliphatic heterocycles. The lowest BCUT2D eigenvalue weighted by Crippen LogP contribution is -2.07. The monoisotopic (exact) mass is 441 g/mol. The molecule has 168 valence electrons. The maximum Gasteiger partial charge on any atom is 0.302 e. The van der Waals surface area contributed by atoms with Crippen molar-refractivity contribution in [2.24, 2.45) is 10.2 Å². The molecule has 1 N–H and O–H groups in total. The third-order valence-corrected chi connectivity index (χ3v) is 5.55. The molecule has 1 amide bonds. The Hall–Kier alpha value is -3.93. The fourth-order valence-corrected chi connectivity index (χ4v) is 3.71. The summed E-state index contributed by atoms with van der Waals surface area (Å²) in [5, 5.41) is 19.5. The highest BCUT2D eigenvalue weighted by Gasteiger charge is 2.16. The first-order valence-corrected chi connectivity index (χ1v) is 11.0. The van der Waals surface area contributed by atoms with Crippen LogP contribution in [0, 0.1) is 0 Å². The van der Waals surface area contributed by atoms with Crippen LogP contribution in [0.1, 0.15) is 30.9 Å². The van der Waals surface area contributed by atoms with E-state index in [-0.39, 0.29) is 18.2 Å². The van der Waals surface area contributed by atoms with Crippen molar-refractivity contribution in [2.45, 2.75) is 32.7 Å². The number of aryl methyl sites for hydroxylation is 2. The van der Waals surface area contributed by atoms with Gasteiger partial charge in [-0.3, -0.25) is 4.79 Å². The van der Waals surface area contributed by atoms with Crippen LogP contribution in [-0.4, -0.2) is 22.2 Å². The lowest BCUT2D eigenvalue weighted by Gasteiger charge is -2.07. The molecule has 1 aromatic heterocycles. The minimum absolute atomic E-state index is 0.00567. The van der Waals surface area contributed by atoms with Gasteiger partial charge < -0.3 is 14.4 Å². The van der Waals surface area contributed by atoms with E-state index in [2.05, 4.69) is 36.2 Å². The number of ether oxygens (including phenoxy) is 1. The van der Waals surface area contributed by atoms with Gasteiger partial charge in [0.2, 0.25) is 5.88 Å². The van der Waals surface area contributed by atoms with Crippen molar-refractivity contribution in [2.75, 3.05) is 6.61 Å². The van der Waals surface area contributed by atoms with Gasteiger partial charge in [0.15, 0.2) is 12.3 Å². The minimum atomic E-state index is -0.525. The fraction of sp³-hybridized carbons (Fsp3) is 0.222. The molecule has 0 spiro atoms. The van der Waals surface area contributed by atoms with Crippen molar-refractivity contribution in [3.8, 4) is 11.6 Å². The molecular formula is C27H27N3O3. The highest BCUT2D eigenvalue weighted by atomic mass is 16.5. The molecule has 6 nitrogen and oxygen atoms in total. The maximum atomic E-state index is 12.3. The molecule has 0 bridgehead atoms. The van der Waals surface area contributed by atoms with Crippen molar-refractivity contribution in [3.05, 3.63) is 90.0 Å². The highest BCUT2D eigenvalue weighted by Crippen LogP contribution is 2.38. The zero-order chi connectivity index (χ0) is 23.2. The number of aromatic hydroxyl groups is 1. The number of nitrogens with zero attached hydrogens (tertiary/aromatic N) is 3. The second-order valence-corrected chi connectivity index (χ2v) is 8.18. The summed E-state index contributed by atoms with van der Waals surface area (Å²) in [5.41, 5.74) is 3.50. The van der Waals surface area contributed by atoms with E-state index >= 15 is 0 Å². The van der Waals surface area contributed by atoms with Crippen LogP contribution in [0.25, 0.3) is 10.9 Å². The van der Waals surface area contributed by atoms with Gasteiger partial charge >= 0.3 is 5.91 Å². The Morgan fingerprint density at radius 1 is 0.970 bits per heavy atom. The van der Waals surface area contributed by atoms with Crippen molar-refractivity contribution < 1.29 is 14.6 Å². The van der Waals surface area contributed by atoms with E-state index in [0.29, 0.717) is 18.2 Å². The molecule has 4 rings (SSSR count). The first-order valence-electron chi connectivity index (χ1n) is 11.0. The highest BCUT2D eigenvalue weighted by molar-refractivity contribution is 5.95. The summed E-state index contributed by atoms with van der Waals surface area (Å²) in [5.74, 6) is 0.498. The number of carbonyl (C=O) groups excluding carboxylic acids is 1. The number of aromatic nitrogens is 1. The van der Waals surface area contributed by atoms with E-state index in [4.69, 9.17) is 4.74 Å². The lowest BCUT2D eigenvalue weighted by atomic mass is 10.0. The van der Waals surface area contributed by atoms with E-state index in [9.17, 15) is 9.90 Å². The number of hydrogen-bond acceptors (Lipinski definition) is 4. The smallest absolute Gasteiger partial charge is 0.302 e. The van der Waals surface area contributed by atoms with Crippen molar-refractivity contribution in [1.82, 2.24) is 4.57 Å². The van der Waals surface area contributed by atoms with E-state index in [0.717, 1.165) is 17.3 Å². The van der Waals surface area contributed by atoms with Crippen LogP contribution < -0.4 is 4.74 Å². The number of fused-ring (bicyclic) bond motifs is 1. The molecule has 0 aliphatic rings. The summed E-state index contributed by atoms with van der Waals surface area (Å²) in [7, 11) is 0. The number of amides is 1. The molecule has 0 atom stereocenters. The largest absolute Gasteiger partial charge is 0.493 e. The molecule has 1 heterocycles. The first-order chi connectivity index (χ1) is 16.0. The summed E-state index contributed by atoms with van der Waals surface area (Å²) in [6.45, 7) is 4.59. The van der Waals surface area contributed by atoms with Gasteiger partial charge in [0.05, 0.1) is 5.52 Å². The Morgan fingerprint density at radius 3 is 2.39 bits per heavy atom. The van der Waals surface area contributed by atoms with Crippen molar-refractivity contribution in [1.29, 1.82) is 0 Å². The van der Waals surface area contributed by atoms with Gasteiger partial charge in [-0.2, -0.15) is 0 Å². The van der Waals surface area contributed by atoms with Gasteiger partial charge in [-0.05, 0) is 41.7 Å². The van der Waals surface area contributed by atoms with Crippen LogP contribution in [0.2, 0.25) is 0 Å².